The Kier molecular flexibility index (Phi) is 3.57. The topological polar surface area (TPSA) is 117 Å². The summed E-state index contributed by atoms with van der Waals surface area (Å²) in [5.41, 5.74) is 2.07. The van der Waals surface area contributed by atoms with Gasteiger partial charge in [-0.3, -0.25) is 4.72 Å². The highest BCUT2D eigenvalue weighted by Crippen LogP contribution is 2.32. The molecule has 0 unspecified atom stereocenters. The molecule has 23 heavy (non-hydrogen) atoms. The van der Waals surface area contributed by atoms with Crippen molar-refractivity contribution in [1.29, 1.82) is 0 Å². The fourth-order valence-corrected chi connectivity index (χ4v) is 2.74. The van der Waals surface area contributed by atoms with Crippen LogP contribution in [0.25, 0.3) is 22.6 Å². The standard InChI is InChI=1S/C14H14N4O4S/c1-22-12-5-8(18-23(2,20)21)3-4-10(12)13-16-11-6-9(19)7-15-14(11)17-13/h3-7,18-19H,1-2H3,(H,15,16,17). The SMILES string of the molecule is COc1cc(NS(C)(=O)=O)ccc1-c1nc2ncc(O)cc2[nH]1. The monoisotopic (exact) mass is 334 g/mol. The summed E-state index contributed by atoms with van der Waals surface area (Å²) in [7, 11) is -1.89. The van der Waals surface area contributed by atoms with E-state index in [0.717, 1.165) is 6.26 Å². The summed E-state index contributed by atoms with van der Waals surface area (Å²) in [6.45, 7) is 0. The number of nitrogens with one attached hydrogen (secondary N) is 2. The van der Waals surface area contributed by atoms with Gasteiger partial charge >= 0.3 is 0 Å². The normalized spacial score (nSPS) is 11.6. The average molecular weight is 334 g/mol. The first-order valence-electron chi connectivity index (χ1n) is 6.56. The zero-order chi connectivity index (χ0) is 16.6. The van der Waals surface area contributed by atoms with Crippen molar-refractivity contribution in [2.24, 2.45) is 0 Å². The van der Waals surface area contributed by atoms with Crippen LogP contribution >= 0.6 is 0 Å². The summed E-state index contributed by atoms with van der Waals surface area (Å²) < 4.78 is 30.3. The van der Waals surface area contributed by atoms with Gasteiger partial charge in [0.2, 0.25) is 10.0 Å². The van der Waals surface area contributed by atoms with Gasteiger partial charge in [0.1, 0.15) is 17.3 Å². The number of hydrogen-bond donors (Lipinski definition) is 3. The van der Waals surface area contributed by atoms with Crippen LogP contribution in [0.15, 0.2) is 30.5 Å². The number of ether oxygens (including phenoxy) is 1. The van der Waals surface area contributed by atoms with E-state index in [0.29, 0.717) is 34.0 Å². The molecule has 0 bridgehead atoms. The minimum atomic E-state index is -3.37. The predicted octanol–water partition coefficient (Wildman–Crippen LogP) is 1.71. The molecule has 120 valence electrons. The summed E-state index contributed by atoms with van der Waals surface area (Å²) in [5.74, 6) is 0.982. The molecule has 2 heterocycles. The molecule has 1 aromatic carbocycles. The molecule has 0 aliphatic rings. The highest BCUT2D eigenvalue weighted by Gasteiger charge is 2.13. The highest BCUT2D eigenvalue weighted by molar-refractivity contribution is 7.92. The van der Waals surface area contributed by atoms with Crippen molar-refractivity contribution >= 4 is 26.9 Å². The summed E-state index contributed by atoms with van der Waals surface area (Å²) in [6, 6.07) is 6.38. The van der Waals surface area contributed by atoms with E-state index in [2.05, 4.69) is 19.7 Å². The third-order valence-corrected chi connectivity index (χ3v) is 3.69. The van der Waals surface area contributed by atoms with Gasteiger partial charge in [-0.2, -0.15) is 0 Å². The Balaban J connectivity index is 2.07. The molecule has 3 rings (SSSR count). The second-order valence-electron chi connectivity index (χ2n) is 4.94. The Morgan fingerprint density at radius 3 is 2.78 bits per heavy atom. The van der Waals surface area contributed by atoms with E-state index in [1.165, 1.54) is 19.4 Å². The number of nitrogens with zero attached hydrogens (tertiary/aromatic N) is 2. The number of H-pyrrole nitrogens is 1. The van der Waals surface area contributed by atoms with Crippen LogP contribution in [0, 0.1) is 0 Å². The maximum Gasteiger partial charge on any atom is 0.229 e. The lowest BCUT2D eigenvalue weighted by molar-refractivity contribution is 0.416. The fraction of sp³-hybridized carbons (Fsp3) is 0.143. The van der Waals surface area contributed by atoms with Gasteiger partial charge in [0.15, 0.2) is 5.65 Å². The highest BCUT2D eigenvalue weighted by atomic mass is 32.2. The number of aromatic nitrogens is 3. The first-order valence-corrected chi connectivity index (χ1v) is 8.46. The van der Waals surface area contributed by atoms with Crippen LogP contribution in [0.1, 0.15) is 0 Å². The quantitative estimate of drug-likeness (QED) is 0.668. The maximum atomic E-state index is 11.3. The molecule has 9 heteroatoms. The Morgan fingerprint density at radius 1 is 1.30 bits per heavy atom. The van der Waals surface area contributed by atoms with Gasteiger partial charge in [-0.15, -0.1) is 0 Å². The Labute approximate surface area is 132 Å². The van der Waals surface area contributed by atoms with Crippen LogP contribution in [-0.4, -0.2) is 41.8 Å². The number of aromatic hydroxyl groups is 1. The average Bonchev–Trinajstić information content (AvgIpc) is 2.88. The van der Waals surface area contributed by atoms with Gasteiger partial charge in [-0.25, -0.2) is 18.4 Å². The molecule has 0 aliphatic carbocycles. The van der Waals surface area contributed by atoms with Crippen LogP contribution in [0.2, 0.25) is 0 Å². The van der Waals surface area contributed by atoms with E-state index in [-0.39, 0.29) is 5.75 Å². The molecule has 3 N–H and O–H groups in total. The first kappa shape index (κ1) is 15.1. The summed E-state index contributed by atoms with van der Waals surface area (Å²) >= 11 is 0. The Morgan fingerprint density at radius 2 is 2.09 bits per heavy atom. The maximum absolute atomic E-state index is 11.3. The van der Waals surface area contributed by atoms with Gasteiger partial charge in [0.05, 0.1) is 36.3 Å². The van der Waals surface area contributed by atoms with E-state index < -0.39 is 10.0 Å². The van der Waals surface area contributed by atoms with Crippen molar-refractivity contribution < 1.29 is 18.3 Å². The van der Waals surface area contributed by atoms with Crippen LogP contribution in [-0.2, 0) is 10.0 Å². The molecule has 0 atom stereocenters. The lowest BCUT2D eigenvalue weighted by atomic mass is 10.1. The van der Waals surface area contributed by atoms with E-state index in [1.54, 1.807) is 18.2 Å². The number of hydrogen-bond acceptors (Lipinski definition) is 6. The largest absolute Gasteiger partial charge is 0.506 e. The van der Waals surface area contributed by atoms with Crippen molar-refractivity contribution in [3.63, 3.8) is 0 Å². The van der Waals surface area contributed by atoms with Crippen molar-refractivity contribution in [3.05, 3.63) is 30.5 Å². The molecule has 0 fully saturated rings. The smallest absolute Gasteiger partial charge is 0.229 e. The zero-order valence-corrected chi connectivity index (χ0v) is 13.2. The number of aromatic amines is 1. The second kappa shape index (κ2) is 5.43. The molecular weight excluding hydrogens is 320 g/mol. The molecule has 0 radical (unpaired) electrons. The molecule has 0 spiro atoms. The van der Waals surface area contributed by atoms with Crippen molar-refractivity contribution in [2.45, 2.75) is 0 Å². The number of pyridine rings is 1. The first-order chi connectivity index (χ1) is 10.9. The van der Waals surface area contributed by atoms with Gasteiger partial charge < -0.3 is 14.8 Å². The van der Waals surface area contributed by atoms with Crippen LogP contribution < -0.4 is 9.46 Å². The van der Waals surface area contributed by atoms with E-state index in [9.17, 15) is 13.5 Å². The third-order valence-electron chi connectivity index (χ3n) is 3.08. The van der Waals surface area contributed by atoms with E-state index >= 15 is 0 Å². The Hall–Kier alpha value is -2.81. The molecular formula is C14H14N4O4S. The van der Waals surface area contributed by atoms with E-state index in [4.69, 9.17) is 4.74 Å². The number of fused-ring (bicyclic) bond motifs is 1. The molecule has 8 nitrogen and oxygen atoms in total. The van der Waals surface area contributed by atoms with Crippen LogP contribution in [0.3, 0.4) is 0 Å². The summed E-state index contributed by atoms with van der Waals surface area (Å²) in [4.78, 5) is 11.4. The molecule has 2 aromatic heterocycles. The van der Waals surface area contributed by atoms with Gasteiger partial charge in [-0.1, -0.05) is 0 Å². The number of rotatable bonds is 4. The zero-order valence-electron chi connectivity index (χ0n) is 12.4. The number of anilines is 1. The predicted molar refractivity (Wildman–Crippen MR) is 86.0 cm³/mol. The van der Waals surface area contributed by atoms with Crippen LogP contribution in [0.4, 0.5) is 5.69 Å². The molecule has 0 saturated carbocycles. The van der Waals surface area contributed by atoms with Crippen molar-refractivity contribution in [1.82, 2.24) is 15.0 Å². The van der Waals surface area contributed by atoms with Gasteiger partial charge in [0.25, 0.3) is 0 Å². The van der Waals surface area contributed by atoms with Crippen molar-refractivity contribution in [3.8, 4) is 22.9 Å². The molecule has 0 aliphatic heterocycles. The van der Waals surface area contributed by atoms with Crippen molar-refractivity contribution in [2.75, 3.05) is 18.1 Å². The second-order valence-corrected chi connectivity index (χ2v) is 6.69. The molecule has 0 amide bonds. The minimum Gasteiger partial charge on any atom is -0.506 e. The third kappa shape index (κ3) is 3.19. The molecule has 3 aromatic rings. The van der Waals surface area contributed by atoms with E-state index in [1.807, 2.05) is 0 Å². The Bertz CT molecular complexity index is 982. The van der Waals surface area contributed by atoms with Gasteiger partial charge in [-0.05, 0) is 12.1 Å². The molecule has 0 saturated heterocycles. The summed E-state index contributed by atoms with van der Waals surface area (Å²) in [6.07, 6.45) is 2.38. The van der Waals surface area contributed by atoms with Crippen LogP contribution in [0.5, 0.6) is 11.5 Å². The lowest BCUT2D eigenvalue weighted by Crippen LogP contribution is -2.09. The number of imidazole rings is 1. The summed E-state index contributed by atoms with van der Waals surface area (Å²) in [5, 5.41) is 9.46. The number of sulfonamides is 1. The number of methoxy groups -OCH3 is 1. The lowest BCUT2D eigenvalue weighted by Gasteiger charge is -2.09. The minimum absolute atomic E-state index is 0.0346. The number of benzene rings is 1. The fourth-order valence-electron chi connectivity index (χ4n) is 2.18. The van der Waals surface area contributed by atoms with Gasteiger partial charge in [0, 0.05) is 12.1 Å².